The zero-order valence-corrected chi connectivity index (χ0v) is 14.8. The smallest absolute Gasteiger partial charge is 0.248 e. The normalized spacial score (nSPS) is 17.6. The molecule has 24 heavy (non-hydrogen) atoms. The summed E-state index contributed by atoms with van der Waals surface area (Å²) in [5.74, 6) is -0.303. The molecule has 0 radical (unpaired) electrons. The highest BCUT2D eigenvalue weighted by Crippen LogP contribution is 2.20. The minimum atomic E-state index is -3.54. The van der Waals surface area contributed by atoms with Gasteiger partial charge in [-0.15, -0.1) is 0 Å². The number of nitrogens with one attached hydrogen (secondary N) is 1. The number of rotatable bonds is 5. The molecule has 0 unspecified atom stereocenters. The Balaban J connectivity index is 2.13. The van der Waals surface area contributed by atoms with Crippen LogP contribution in [-0.2, 0) is 14.8 Å². The predicted octanol–water partition coefficient (Wildman–Crippen LogP) is 1.69. The molecule has 1 amide bonds. The summed E-state index contributed by atoms with van der Waals surface area (Å²) in [6, 6.07) is 6.35. The van der Waals surface area contributed by atoms with Crippen LogP contribution >= 0.6 is 0 Å². The molecule has 1 aliphatic heterocycles. The molecule has 1 heterocycles. The Morgan fingerprint density at radius 3 is 2.54 bits per heavy atom. The Morgan fingerprint density at radius 2 is 1.88 bits per heavy atom. The molecule has 0 aromatic heterocycles. The van der Waals surface area contributed by atoms with Gasteiger partial charge in [0.15, 0.2) is 0 Å². The molecule has 1 aromatic carbocycles. The van der Waals surface area contributed by atoms with Crippen LogP contribution in [0.5, 0.6) is 0 Å². The molecule has 0 bridgehead atoms. The Hall–Kier alpha value is -1.96. The summed E-state index contributed by atoms with van der Waals surface area (Å²) in [5.41, 5.74) is 0.459. The predicted molar refractivity (Wildman–Crippen MR) is 95.3 cm³/mol. The largest absolute Gasteiger partial charge is 0.322 e. The molecule has 0 aliphatic carbocycles. The van der Waals surface area contributed by atoms with Crippen molar-refractivity contribution in [3.8, 4) is 0 Å². The number of benzene rings is 1. The molecule has 2 rings (SSSR count). The average molecular weight is 349 g/mol. The first kappa shape index (κ1) is 18.4. The Morgan fingerprint density at radius 1 is 1.17 bits per heavy atom. The van der Waals surface area contributed by atoms with E-state index in [4.69, 9.17) is 0 Å². The third kappa shape index (κ3) is 4.77. The van der Waals surface area contributed by atoms with Crippen molar-refractivity contribution in [1.82, 2.24) is 9.21 Å². The lowest BCUT2D eigenvalue weighted by Crippen LogP contribution is -2.47. The third-order valence-electron chi connectivity index (χ3n) is 3.75. The molecule has 0 saturated carbocycles. The number of piperazine rings is 1. The zero-order valence-electron chi connectivity index (χ0n) is 14.0. The number of likely N-dealkylation sites (N-methyl/N-ethyl adjacent to an activating group) is 1. The second-order valence-electron chi connectivity index (χ2n) is 5.61. The topological polar surface area (TPSA) is 69.7 Å². The summed E-state index contributed by atoms with van der Waals surface area (Å²) < 4.78 is 26.9. The number of anilines is 1. The van der Waals surface area contributed by atoms with Crippen LogP contribution in [0.15, 0.2) is 53.5 Å². The van der Waals surface area contributed by atoms with E-state index in [9.17, 15) is 13.2 Å². The number of allylic oxidation sites excluding steroid dienone is 3. The van der Waals surface area contributed by atoms with E-state index in [-0.39, 0.29) is 10.8 Å². The van der Waals surface area contributed by atoms with Gasteiger partial charge in [0, 0.05) is 37.9 Å². The first-order chi connectivity index (χ1) is 11.4. The highest BCUT2D eigenvalue weighted by Gasteiger charge is 2.27. The quantitative estimate of drug-likeness (QED) is 0.649. The molecule has 1 aromatic rings. The number of nitrogens with zero attached hydrogens (tertiary/aromatic N) is 2. The average Bonchev–Trinajstić information content (AvgIpc) is 2.56. The molecule has 0 spiro atoms. The summed E-state index contributed by atoms with van der Waals surface area (Å²) in [6.07, 6.45) is 6.57. The summed E-state index contributed by atoms with van der Waals surface area (Å²) >= 11 is 0. The first-order valence-corrected chi connectivity index (χ1v) is 9.26. The lowest BCUT2D eigenvalue weighted by molar-refractivity contribution is -0.111. The van der Waals surface area contributed by atoms with Gasteiger partial charge < -0.3 is 10.2 Å². The van der Waals surface area contributed by atoms with E-state index in [2.05, 4.69) is 10.2 Å². The highest BCUT2D eigenvalue weighted by atomic mass is 32.2. The number of sulfonamides is 1. The van der Waals surface area contributed by atoms with E-state index in [0.29, 0.717) is 31.9 Å². The first-order valence-electron chi connectivity index (χ1n) is 7.82. The summed E-state index contributed by atoms with van der Waals surface area (Å²) in [5, 5.41) is 2.67. The second kappa shape index (κ2) is 8.23. The van der Waals surface area contributed by atoms with Crippen molar-refractivity contribution >= 4 is 21.6 Å². The van der Waals surface area contributed by atoms with Crippen LogP contribution in [0, 0.1) is 0 Å². The van der Waals surface area contributed by atoms with Gasteiger partial charge in [0.25, 0.3) is 0 Å². The fourth-order valence-corrected chi connectivity index (χ4v) is 3.82. The van der Waals surface area contributed by atoms with Crippen molar-refractivity contribution in [3.63, 3.8) is 0 Å². The number of hydrogen-bond acceptors (Lipinski definition) is 4. The third-order valence-corrected chi connectivity index (χ3v) is 5.65. The van der Waals surface area contributed by atoms with Gasteiger partial charge in [-0.25, -0.2) is 8.42 Å². The van der Waals surface area contributed by atoms with Crippen molar-refractivity contribution < 1.29 is 13.2 Å². The molecule has 1 saturated heterocycles. The zero-order chi connectivity index (χ0) is 17.6. The van der Waals surface area contributed by atoms with Gasteiger partial charge in [0.2, 0.25) is 15.9 Å². The van der Waals surface area contributed by atoms with Crippen molar-refractivity contribution in [2.45, 2.75) is 11.8 Å². The van der Waals surface area contributed by atoms with E-state index in [1.54, 1.807) is 30.4 Å². The maximum atomic E-state index is 12.7. The number of hydrogen-bond donors (Lipinski definition) is 1. The summed E-state index contributed by atoms with van der Waals surface area (Å²) in [7, 11) is -1.56. The molecule has 7 heteroatoms. The maximum absolute atomic E-state index is 12.7. The van der Waals surface area contributed by atoms with E-state index in [1.807, 2.05) is 20.0 Å². The van der Waals surface area contributed by atoms with Crippen LogP contribution in [0.25, 0.3) is 0 Å². The lowest BCUT2D eigenvalue weighted by atomic mass is 10.3. The molecule has 1 aliphatic rings. The van der Waals surface area contributed by atoms with Crippen LogP contribution in [0.3, 0.4) is 0 Å². The van der Waals surface area contributed by atoms with E-state index < -0.39 is 10.0 Å². The Kier molecular flexibility index (Phi) is 6.30. The molecular formula is C17H23N3O3S. The van der Waals surface area contributed by atoms with Crippen LogP contribution in [-0.4, -0.2) is 56.8 Å². The second-order valence-corrected chi connectivity index (χ2v) is 7.55. The number of amides is 1. The number of carbonyl (C=O) groups excluding carboxylic acids is 1. The number of carbonyl (C=O) groups is 1. The molecule has 1 fully saturated rings. The monoisotopic (exact) mass is 349 g/mol. The van der Waals surface area contributed by atoms with Gasteiger partial charge in [-0.3, -0.25) is 4.79 Å². The lowest BCUT2D eigenvalue weighted by Gasteiger charge is -2.31. The van der Waals surface area contributed by atoms with Gasteiger partial charge in [-0.05, 0) is 32.2 Å². The van der Waals surface area contributed by atoms with Crippen molar-refractivity contribution in [2.24, 2.45) is 0 Å². The van der Waals surface area contributed by atoms with Gasteiger partial charge in [-0.1, -0.05) is 24.3 Å². The minimum Gasteiger partial charge on any atom is -0.322 e. The van der Waals surface area contributed by atoms with E-state index >= 15 is 0 Å². The van der Waals surface area contributed by atoms with Gasteiger partial charge >= 0.3 is 0 Å². The molecule has 6 nitrogen and oxygen atoms in total. The van der Waals surface area contributed by atoms with Crippen LogP contribution in [0.1, 0.15) is 6.92 Å². The van der Waals surface area contributed by atoms with Crippen LogP contribution in [0.2, 0.25) is 0 Å². The Labute approximate surface area is 143 Å². The summed E-state index contributed by atoms with van der Waals surface area (Å²) in [6.45, 7) is 4.23. The Bertz CT molecular complexity index is 733. The van der Waals surface area contributed by atoms with Crippen LogP contribution in [0.4, 0.5) is 5.69 Å². The van der Waals surface area contributed by atoms with Gasteiger partial charge in [0.1, 0.15) is 0 Å². The van der Waals surface area contributed by atoms with Gasteiger partial charge in [0.05, 0.1) is 4.90 Å². The van der Waals surface area contributed by atoms with Crippen LogP contribution < -0.4 is 5.32 Å². The summed E-state index contributed by atoms with van der Waals surface area (Å²) in [4.78, 5) is 14.1. The van der Waals surface area contributed by atoms with E-state index in [1.165, 1.54) is 16.4 Å². The molecule has 1 N–H and O–H groups in total. The fourth-order valence-electron chi connectivity index (χ4n) is 2.35. The molecular weight excluding hydrogens is 326 g/mol. The standard InChI is InChI=1S/C17H23N3O3S/c1-3-4-5-9-17(21)18-15-7-6-8-16(14-15)24(22,23)20-12-10-19(2)11-13-20/h3-9,14H,10-13H2,1-2H3,(H,18,21)/b4-3+,9-5?. The van der Waals surface area contributed by atoms with E-state index in [0.717, 1.165) is 0 Å². The molecule has 130 valence electrons. The maximum Gasteiger partial charge on any atom is 0.248 e. The van der Waals surface area contributed by atoms with Crippen molar-refractivity contribution in [2.75, 3.05) is 38.5 Å². The SMILES string of the molecule is C/C=C/C=CC(=O)Nc1cccc(S(=O)(=O)N2CCN(C)CC2)c1. The molecule has 0 atom stereocenters. The highest BCUT2D eigenvalue weighted by molar-refractivity contribution is 7.89. The fraction of sp³-hybridized carbons (Fsp3) is 0.353. The van der Waals surface area contributed by atoms with Crippen molar-refractivity contribution in [1.29, 1.82) is 0 Å². The van der Waals surface area contributed by atoms with Crippen molar-refractivity contribution in [3.05, 3.63) is 48.6 Å². The minimum absolute atomic E-state index is 0.197. The van der Waals surface area contributed by atoms with Gasteiger partial charge in [-0.2, -0.15) is 4.31 Å².